The zero-order chi connectivity index (χ0) is 24.0. The van der Waals surface area contributed by atoms with Gasteiger partial charge in [-0.05, 0) is 67.5 Å². The van der Waals surface area contributed by atoms with E-state index in [2.05, 4.69) is 37.9 Å². The zero-order valence-corrected chi connectivity index (χ0v) is 20.8. The molecule has 4 heterocycles. The Bertz CT molecular complexity index is 938. The molecule has 3 aliphatic heterocycles. The summed E-state index contributed by atoms with van der Waals surface area (Å²) in [5, 5.41) is 9.46. The van der Waals surface area contributed by atoms with Crippen LogP contribution in [0.1, 0.15) is 41.6 Å². The number of hydrogen-bond acceptors (Lipinski definition) is 6. The normalized spacial score (nSPS) is 22.9. The first-order chi connectivity index (χ1) is 17.2. The number of benzene rings is 1. The lowest BCUT2D eigenvalue weighted by molar-refractivity contribution is 0.0620. The number of likely N-dealkylation sites (tertiary alicyclic amines) is 1. The van der Waals surface area contributed by atoms with E-state index in [4.69, 9.17) is 0 Å². The highest BCUT2D eigenvalue weighted by Crippen LogP contribution is 2.25. The van der Waals surface area contributed by atoms with Crippen molar-refractivity contribution in [2.24, 2.45) is 5.92 Å². The van der Waals surface area contributed by atoms with Crippen molar-refractivity contribution in [2.45, 2.75) is 38.3 Å². The Balaban J connectivity index is 1.08. The molecular weight excluding hydrogens is 438 g/mol. The Morgan fingerprint density at radius 3 is 2.40 bits per heavy atom. The summed E-state index contributed by atoms with van der Waals surface area (Å²) in [6, 6.07) is 13.0. The molecule has 35 heavy (non-hydrogen) atoms. The van der Waals surface area contributed by atoms with Crippen molar-refractivity contribution >= 4 is 11.6 Å². The summed E-state index contributed by atoms with van der Waals surface area (Å²) in [7, 11) is 0. The van der Waals surface area contributed by atoms with Crippen LogP contribution in [0.3, 0.4) is 0 Å². The van der Waals surface area contributed by atoms with E-state index >= 15 is 0 Å². The van der Waals surface area contributed by atoms with Gasteiger partial charge in [-0.25, -0.2) is 0 Å². The second-order valence-electron chi connectivity index (χ2n) is 10.4. The summed E-state index contributed by atoms with van der Waals surface area (Å²) < 4.78 is 0. The quantitative estimate of drug-likeness (QED) is 0.690. The van der Waals surface area contributed by atoms with E-state index in [1.54, 1.807) is 0 Å². The Labute approximate surface area is 209 Å². The van der Waals surface area contributed by atoms with Gasteiger partial charge in [0.2, 0.25) is 0 Å². The van der Waals surface area contributed by atoms with Crippen LogP contribution in [0.25, 0.3) is 0 Å². The van der Waals surface area contributed by atoms with E-state index in [1.807, 2.05) is 35.5 Å². The van der Waals surface area contributed by atoms with Crippen LogP contribution in [0, 0.1) is 5.92 Å². The molecule has 1 aromatic carbocycles. The van der Waals surface area contributed by atoms with Crippen LogP contribution in [-0.4, -0.2) is 95.7 Å². The fourth-order valence-corrected chi connectivity index (χ4v) is 5.92. The standard InChI is InChI=1S/C28H39N5O2/c34-22-24-4-2-12-33(21-24)28(35)25-5-7-26(8-6-25)31-13-9-27(10-14-31)32-17-15-30(16-18-32)20-23-3-1-11-29-19-23/h1,3,5-8,11,19,24,27,34H,2,4,9-10,12-18,20-22H2. The highest BCUT2D eigenvalue weighted by molar-refractivity contribution is 5.94. The summed E-state index contributed by atoms with van der Waals surface area (Å²) in [6.45, 7) is 9.31. The van der Waals surface area contributed by atoms with Crippen LogP contribution in [0.15, 0.2) is 48.8 Å². The second kappa shape index (κ2) is 11.5. The molecule has 2 aromatic rings. The molecule has 0 spiro atoms. The molecule has 1 aromatic heterocycles. The van der Waals surface area contributed by atoms with Crippen molar-refractivity contribution < 1.29 is 9.90 Å². The third kappa shape index (κ3) is 6.02. The van der Waals surface area contributed by atoms with Gasteiger partial charge in [-0.3, -0.25) is 19.6 Å². The lowest BCUT2D eigenvalue weighted by atomic mass is 9.98. The van der Waals surface area contributed by atoms with E-state index in [1.165, 1.54) is 24.1 Å². The zero-order valence-electron chi connectivity index (χ0n) is 20.8. The molecule has 5 rings (SSSR count). The van der Waals surface area contributed by atoms with Gasteiger partial charge in [-0.15, -0.1) is 0 Å². The minimum atomic E-state index is 0.0936. The summed E-state index contributed by atoms with van der Waals surface area (Å²) >= 11 is 0. The summed E-state index contributed by atoms with van der Waals surface area (Å²) in [5.41, 5.74) is 3.27. The predicted octanol–water partition coefficient (Wildman–Crippen LogP) is 2.71. The third-order valence-electron chi connectivity index (χ3n) is 8.06. The lowest BCUT2D eigenvalue weighted by Crippen LogP contribution is -2.53. The number of carbonyl (C=O) groups is 1. The first kappa shape index (κ1) is 24.2. The lowest BCUT2D eigenvalue weighted by Gasteiger charge is -2.43. The van der Waals surface area contributed by atoms with Crippen LogP contribution in [0.4, 0.5) is 5.69 Å². The first-order valence-corrected chi connectivity index (χ1v) is 13.3. The van der Waals surface area contributed by atoms with Gasteiger partial charge in [0.05, 0.1) is 0 Å². The molecule has 3 fully saturated rings. The van der Waals surface area contributed by atoms with E-state index in [-0.39, 0.29) is 18.4 Å². The highest BCUT2D eigenvalue weighted by Gasteiger charge is 2.28. The van der Waals surface area contributed by atoms with Gasteiger partial charge in [0.1, 0.15) is 0 Å². The van der Waals surface area contributed by atoms with E-state index in [9.17, 15) is 9.90 Å². The number of pyridine rings is 1. The van der Waals surface area contributed by atoms with Gasteiger partial charge in [-0.2, -0.15) is 0 Å². The Morgan fingerprint density at radius 1 is 0.943 bits per heavy atom. The van der Waals surface area contributed by atoms with Crippen LogP contribution in [-0.2, 0) is 6.54 Å². The molecular formula is C28H39N5O2. The Kier molecular flexibility index (Phi) is 7.96. The van der Waals surface area contributed by atoms with Crippen LogP contribution in [0.5, 0.6) is 0 Å². The van der Waals surface area contributed by atoms with Gasteiger partial charge >= 0.3 is 0 Å². The fourth-order valence-electron chi connectivity index (χ4n) is 5.92. The van der Waals surface area contributed by atoms with E-state index in [0.29, 0.717) is 12.6 Å². The molecule has 0 aliphatic carbocycles. The minimum Gasteiger partial charge on any atom is -0.396 e. The fraction of sp³-hybridized carbons (Fsp3) is 0.571. The van der Waals surface area contributed by atoms with Crippen molar-refractivity contribution in [3.63, 3.8) is 0 Å². The topological polar surface area (TPSA) is 63.2 Å². The maximum absolute atomic E-state index is 12.9. The van der Waals surface area contributed by atoms with Gasteiger partial charge in [0, 0.05) is 95.2 Å². The summed E-state index contributed by atoms with van der Waals surface area (Å²) in [5.74, 6) is 0.313. The van der Waals surface area contributed by atoms with Gasteiger partial charge in [0.25, 0.3) is 5.91 Å². The minimum absolute atomic E-state index is 0.0936. The number of aromatic nitrogens is 1. The molecule has 3 aliphatic rings. The van der Waals surface area contributed by atoms with E-state index < -0.39 is 0 Å². The number of carbonyl (C=O) groups excluding carboxylic acids is 1. The van der Waals surface area contributed by atoms with E-state index in [0.717, 1.165) is 70.8 Å². The molecule has 3 saturated heterocycles. The number of amides is 1. The molecule has 1 unspecified atom stereocenters. The summed E-state index contributed by atoms with van der Waals surface area (Å²) in [6.07, 6.45) is 8.19. The number of aliphatic hydroxyl groups is 1. The van der Waals surface area contributed by atoms with Crippen molar-refractivity contribution in [3.05, 3.63) is 59.9 Å². The number of rotatable bonds is 6. The Morgan fingerprint density at radius 2 is 1.71 bits per heavy atom. The number of aliphatic hydroxyl groups excluding tert-OH is 1. The predicted molar refractivity (Wildman–Crippen MR) is 138 cm³/mol. The number of nitrogens with zero attached hydrogens (tertiary/aromatic N) is 5. The molecule has 0 radical (unpaired) electrons. The van der Waals surface area contributed by atoms with Gasteiger partial charge < -0.3 is 14.9 Å². The van der Waals surface area contributed by atoms with Crippen LogP contribution in [0.2, 0.25) is 0 Å². The SMILES string of the molecule is O=C(c1ccc(N2CCC(N3CCN(Cc4cccnc4)CC3)CC2)cc1)N1CCCC(CO)C1. The first-order valence-electron chi connectivity index (χ1n) is 13.3. The number of piperazine rings is 1. The number of hydrogen-bond donors (Lipinski definition) is 1. The van der Waals surface area contributed by atoms with Crippen molar-refractivity contribution in [3.8, 4) is 0 Å². The average molecular weight is 478 g/mol. The molecule has 1 atom stereocenters. The van der Waals surface area contributed by atoms with Crippen molar-refractivity contribution in [1.82, 2.24) is 19.7 Å². The maximum atomic E-state index is 12.9. The molecule has 7 heteroatoms. The van der Waals surface area contributed by atoms with Gasteiger partial charge in [-0.1, -0.05) is 6.07 Å². The average Bonchev–Trinajstić information content (AvgIpc) is 2.94. The molecule has 1 amide bonds. The number of piperidine rings is 2. The van der Waals surface area contributed by atoms with Crippen molar-refractivity contribution in [1.29, 1.82) is 0 Å². The molecule has 0 bridgehead atoms. The highest BCUT2D eigenvalue weighted by atomic mass is 16.3. The van der Waals surface area contributed by atoms with Crippen molar-refractivity contribution in [2.75, 3.05) is 63.9 Å². The monoisotopic (exact) mass is 477 g/mol. The molecule has 7 nitrogen and oxygen atoms in total. The smallest absolute Gasteiger partial charge is 0.253 e. The summed E-state index contributed by atoms with van der Waals surface area (Å²) in [4.78, 5) is 26.8. The number of anilines is 1. The molecule has 0 saturated carbocycles. The molecule has 188 valence electrons. The maximum Gasteiger partial charge on any atom is 0.253 e. The third-order valence-corrected chi connectivity index (χ3v) is 8.06. The second-order valence-corrected chi connectivity index (χ2v) is 10.4. The largest absolute Gasteiger partial charge is 0.396 e. The van der Waals surface area contributed by atoms with Gasteiger partial charge in [0.15, 0.2) is 0 Å². The molecule has 1 N–H and O–H groups in total. The van der Waals surface area contributed by atoms with Crippen LogP contribution >= 0.6 is 0 Å². The Hall–Kier alpha value is -2.48. The van der Waals surface area contributed by atoms with Crippen LogP contribution < -0.4 is 4.90 Å².